The number of carbonyl (C=O) groups excluding carboxylic acids is 1. The van der Waals surface area contributed by atoms with Crippen LogP contribution < -0.4 is 0 Å². The average Bonchev–Trinajstić information content (AvgIpc) is 3.34. The number of aromatic nitrogens is 3. The molecule has 1 aliphatic rings. The minimum atomic E-state index is -4.66. The van der Waals surface area contributed by atoms with Gasteiger partial charge >= 0.3 is 6.18 Å². The second-order valence-corrected chi connectivity index (χ2v) is 6.98. The molecule has 1 amide bonds. The first kappa shape index (κ1) is 20.8. The van der Waals surface area contributed by atoms with Gasteiger partial charge in [0, 0.05) is 32.3 Å². The van der Waals surface area contributed by atoms with Crippen LogP contribution in [0, 0.1) is 12.3 Å². The number of alkyl halides is 3. The van der Waals surface area contributed by atoms with Crippen LogP contribution in [0.1, 0.15) is 18.7 Å². The maximum Gasteiger partial charge on any atom is 0.405 e. The van der Waals surface area contributed by atoms with E-state index in [0.29, 0.717) is 18.7 Å². The lowest BCUT2D eigenvalue weighted by Gasteiger charge is -2.28. The van der Waals surface area contributed by atoms with Gasteiger partial charge in [-0.05, 0) is 25.6 Å². The quantitative estimate of drug-likeness (QED) is 0.683. The number of hydrogen-bond acceptors (Lipinski definition) is 6. The molecule has 7 nitrogen and oxygen atoms in total. The van der Waals surface area contributed by atoms with E-state index in [1.807, 2.05) is 0 Å². The SMILES string of the molecule is C#CCCN(C)CC(=O)N1CCC(c2nc(-c3ccccn3)no2)(C(F)(F)F)C1. The highest BCUT2D eigenvalue weighted by atomic mass is 19.4. The van der Waals surface area contributed by atoms with Crippen molar-refractivity contribution in [2.24, 2.45) is 0 Å². The zero-order valence-corrected chi connectivity index (χ0v) is 15.8. The van der Waals surface area contributed by atoms with E-state index in [4.69, 9.17) is 10.9 Å². The van der Waals surface area contributed by atoms with Crippen LogP contribution in [0.15, 0.2) is 28.9 Å². The number of amides is 1. The first-order valence-corrected chi connectivity index (χ1v) is 8.99. The lowest BCUT2D eigenvalue weighted by atomic mass is 9.86. The summed E-state index contributed by atoms with van der Waals surface area (Å²) in [6.45, 7) is -0.152. The fourth-order valence-electron chi connectivity index (χ4n) is 3.23. The summed E-state index contributed by atoms with van der Waals surface area (Å²) in [6, 6.07) is 4.92. The normalized spacial score (nSPS) is 19.5. The maximum absolute atomic E-state index is 14.1. The van der Waals surface area contributed by atoms with Crippen molar-refractivity contribution < 1.29 is 22.5 Å². The largest absolute Gasteiger partial charge is 0.405 e. The molecule has 0 saturated carbocycles. The van der Waals surface area contributed by atoms with Gasteiger partial charge in [-0.1, -0.05) is 11.2 Å². The maximum atomic E-state index is 14.1. The molecule has 0 radical (unpaired) electrons. The Bertz CT molecular complexity index is 893. The second kappa shape index (κ2) is 8.21. The van der Waals surface area contributed by atoms with Crippen molar-refractivity contribution in [1.82, 2.24) is 24.9 Å². The molecule has 1 fully saturated rings. The van der Waals surface area contributed by atoms with Gasteiger partial charge < -0.3 is 9.42 Å². The number of terminal acetylenes is 1. The van der Waals surface area contributed by atoms with E-state index in [0.717, 1.165) is 0 Å². The Morgan fingerprint density at radius 1 is 1.45 bits per heavy atom. The standard InChI is InChI=1S/C19H20F3N5O2/c1-3-4-10-26(2)12-15(28)27-11-8-18(13-27,19(20,21)22)17-24-16(25-29-17)14-7-5-6-9-23-14/h1,5-7,9H,4,8,10-13H2,2H3. The minimum Gasteiger partial charge on any atom is -0.340 e. The Labute approximate surface area is 165 Å². The van der Waals surface area contributed by atoms with E-state index in [1.165, 1.54) is 11.1 Å². The van der Waals surface area contributed by atoms with Crippen LogP contribution in [0.5, 0.6) is 0 Å². The number of carbonyl (C=O) groups is 1. The Morgan fingerprint density at radius 3 is 2.90 bits per heavy atom. The lowest BCUT2D eigenvalue weighted by Crippen LogP contribution is -2.47. The van der Waals surface area contributed by atoms with Crippen molar-refractivity contribution in [1.29, 1.82) is 0 Å². The molecule has 154 valence electrons. The van der Waals surface area contributed by atoms with E-state index in [2.05, 4.69) is 21.0 Å². The summed E-state index contributed by atoms with van der Waals surface area (Å²) in [5.74, 6) is 1.48. The number of pyridine rings is 1. The van der Waals surface area contributed by atoms with Gasteiger partial charge in [-0.2, -0.15) is 18.2 Å². The van der Waals surface area contributed by atoms with Crippen molar-refractivity contribution >= 4 is 5.91 Å². The third-order valence-corrected chi connectivity index (χ3v) is 4.94. The van der Waals surface area contributed by atoms with E-state index < -0.39 is 29.9 Å². The number of likely N-dealkylation sites (tertiary alicyclic amines) is 1. The van der Waals surface area contributed by atoms with Gasteiger partial charge in [0.25, 0.3) is 0 Å². The molecule has 10 heteroatoms. The van der Waals surface area contributed by atoms with Crippen LogP contribution >= 0.6 is 0 Å². The van der Waals surface area contributed by atoms with Gasteiger partial charge in [0.05, 0.1) is 6.54 Å². The molecule has 0 spiro atoms. The predicted octanol–water partition coefficient (Wildman–Crippen LogP) is 2.12. The number of nitrogens with zero attached hydrogens (tertiary/aromatic N) is 5. The molecule has 1 aliphatic heterocycles. The molecule has 1 saturated heterocycles. The van der Waals surface area contributed by atoms with Crippen LogP contribution in [-0.2, 0) is 10.2 Å². The molecular weight excluding hydrogens is 387 g/mol. The van der Waals surface area contributed by atoms with Crippen molar-refractivity contribution in [3.05, 3.63) is 30.3 Å². The summed E-state index contributed by atoms with van der Waals surface area (Å²) < 4.78 is 47.2. The van der Waals surface area contributed by atoms with Gasteiger partial charge in [-0.3, -0.25) is 14.7 Å². The summed E-state index contributed by atoms with van der Waals surface area (Å²) >= 11 is 0. The molecule has 29 heavy (non-hydrogen) atoms. The zero-order valence-electron chi connectivity index (χ0n) is 15.8. The van der Waals surface area contributed by atoms with E-state index in [1.54, 1.807) is 30.1 Å². The molecule has 1 unspecified atom stereocenters. The molecule has 3 heterocycles. The number of likely N-dealkylation sites (N-methyl/N-ethyl adjacent to an activating group) is 1. The van der Waals surface area contributed by atoms with Gasteiger partial charge in [-0.25, -0.2) is 0 Å². The zero-order chi connectivity index (χ0) is 21.1. The van der Waals surface area contributed by atoms with Crippen molar-refractivity contribution in [3.63, 3.8) is 0 Å². The highest BCUT2D eigenvalue weighted by Crippen LogP contribution is 2.47. The molecule has 2 aromatic rings. The third-order valence-electron chi connectivity index (χ3n) is 4.94. The van der Waals surface area contributed by atoms with E-state index in [-0.39, 0.29) is 25.3 Å². The first-order chi connectivity index (χ1) is 13.8. The fraction of sp³-hybridized carbons (Fsp3) is 0.474. The predicted molar refractivity (Wildman–Crippen MR) is 97.4 cm³/mol. The summed E-state index contributed by atoms with van der Waals surface area (Å²) in [5.41, 5.74) is -2.10. The Hall–Kier alpha value is -2.93. The molecule has 0 aromatic carbocycles. The minimum absolute atomic E-state index is 0.0152. The van der Waals surface area contributed by atoms with Gasteiger partial charge in [0.1, 0.15) is 5.69 Å². The summed E-state index contributed by atoms with van der Waals surface area (Å²) in [7, 11) is 1.69. The summed E-state index contributed by atoms with van der Waals surface area (Å²) in [6.07, 6.45) is 2.13. The fourth-order valence-corrected chi connectivity index (χ4v) is 3.23. The third kappa shape index (κ3) is 4.24. The Kier molecular flexibility index (Phi) is 5.88. The summed E-state index contributed by atoms with van der Waals surface area (Å²) in [5, 5.41) is 3.66. The Balaban J connectivity index is 1.80. The number of hydrogen-bond donors (Lipinski definition) is 0. The van der Waals surface area contributed by atoms with Crippen LogP contribution in [0.25, 0.3) is 11.5 Å². The lowest BCUT2D eigenvalue weighted by molar-refractivity contribution is -0.193. The monoisotopic (exact) mass is 407 g/mol. The van der Waals surface area contributed by atoms with Crippen molar-refractivity contribution in [2.75, 3.05) is 33.2 Å². The van der Waals surface area contributed by atoms with E-state index >= 15 is 0 Å². The van der Waals surface area contributed by atoms with Crippen LogP contribution in [0.2, 0.25) is 0 Å². The smallest absolute Gasteiger partial charge is 0.340 e. The van der Waals surface area contributed by atoms with Crippen LogP contribution in [0.3, 0.4) is 0 Å². The van der Waals surface area contributed by atoms with Crippen LogP contribution in [-0.4, -0.2) is 70.2 Å². The van der Waals surface area contributed by atoms with E-state index in [9.17, 15) is 18.0 Å². The molecule has 0 aliphatic carbocycles. The molecule has 3 rings (SSSR count). The number of rotatable bonds is 6. The highest BCUT2D eigenvalue weighted by molar-refractivity contribution is 5.78. The average molecular weight is 407 g/mol. The Morgan fingerprint density at radius 2 is 2.24 bits per heavy atom. The molecular formula is C19H20F3N5O2. The van der Waals surface area contributed by atoms with Crippen molar-refractivity contribution in [3.8, 4) is 23.9 Å². The highest BCUT2D eigenvalue weighted by Gasteiger charge is 2.63. The van der Waals surface area contributed by atoms with Gasteiger partial charge in [-0.15, -0.1) is 12.3 Å². The first-order valence-electron chi connectivity index (χ1n) is 8.99. The number of halogens is 3. The molecule has 2 aromatic heterocycles. The van der Waals surface area contributed by atoms with Gasteiger partial charge in [0.15, 0.2) is 5.41 Å². The molecule has 0 bridgehead atoms. The molecule has 0 N–H and O–H groups in total. The summed E-state index contributed by atoms with van der Waals surface area (Å²) in [4.78, 5) is 23.3. The van der Waals surface area contributed by atoms with Crippen LogP contribution in [0.4, 0.5) is 13.2 Å². The van der Waals surface area contributed by atoms with Crippen molar-refractivity contribution in [2.45, 2.75) is 24.4 Å². The second-order valence-electron chi connectivity index (χ2n) is 6.98. The van der Waals surface area contributed by atoms with Gasteiger partial charge in [0.2, 0.25) is 17.6 Å². The topological polar surface area (TPSA) is 75.4 Å². The molecule has 1 atom stereocenters.